The van der Waals surface area contributed by atoms with Crippen molar-refractivity contribution < 1.29 is 14.3 Å². The highest BCUT2D eigenvalue weighted by Gasteiger charge is 2.10. The lowest BCUT2D eigenvalue weighted by atomic mass is 10.0. The lowest BCUT2D eigenvalue weighted by molar-refractivity contribution is 0.101. The van der Waals surface area contributed by atoms with Crippen molar-refractivity contribution in [2.45, 2.75) is 23.3 Å². The Morgan fingerprint density at radius 3 is 1.78 bits per heavy atom. The zero-order chi connectivity index (χ0) is 22.3. The van der Waals surface area contributed by atoms with Gasteiger partial charge in [-0.2, -0.15) is 0 Å². The monoisotopic (exact) mass is 438 g/mol. The minimum Gasteiger partial charge on any atom is -0.489 e. The number of carbonyl (C=O) groups excluding carboxylic acids is 2. The topological polar surface area (TPSA) is 43.4 Å². The maximum absolute atomic E-state index is 12.8. The van der Waals surface area contributed by atoms with Crippen molar-refractivity contribution in [1.29, 1.82) is 0 Å². The minimum atomic E-state index is -0.00597. The Balaban J connectivity index is 1.35. The van der Waals surface area contributed by atoms with Gasteiger partial charge in [0.25, 0.3) is 0 Å². The lowest BCUT2D eigenvalue weighted by Crippen LogP contribution is -2.02. The Hall–Kier alpha value is -3.63. The van der Waals surface area contributed by atoms with Gasteiger partial charge in [-0.3, -0.25) is 9.59 Å². The van der Waals surface area contributed by atoms with Crippen molar-refractivity contribution >= 4 is 23.3 Å². The highest BCUT2D eigenvalue weighted by Crippen LogP contribution is 2.27. The summed E-state index contributed by atoms with van der Waals surface area (Å²) in [6.45, 7) is 1.93. The van der Waals surface area contributed by atoms with Gasteiger partial charge in [0, 0.05) is 26.5 Å². The molecule has 0 saturated heterocycles. The van der Waals surface area contributed by atoms with Crippen LogP contribution in [0.2, 0.25) is 0 Å². The van der Waals surface area contributed by atoms with E-state index >= 15 is 0 Å². The molecular formula is C28H22O3S. The number of carbonyl (C=O) groups is 2. The normalized spacial score (nSPS) is 10.5. The van der Waals surface area contributed by atoms with Crippen LogP contribution in [-0.4, -0.2) is 11.6 Å². The van der Waals surface area contributed by atoms with E-state index in [0.717, 1.165) is 10.5 Å². The highest BCUT2D eigenvalue weighted by atomic mass is 32.2. The maximum Gasteiger partial charge on any atom is 0.193 e. The minimum absolute atomic E-state index is 0.00597. The number of ether oxygens (including phenoxy) is 1. The SMILES string of the molecule is CC(=O)c1ccc(OCc2ccc(C(=O)c3ccc(Sc4ccccc4)cc3)cc2)cc1. The first-order valence-corrected chi connectivity index (χ1v) is 11.1. The third kappa shape index (κ3) is 5.54. The average Bonchev–Trinajstić information content (AvgIpc) is 2.84. The van der Waals surface area contributed by atoms with Crippen molar-refractivity contribution in [3.8, 4) is 5.75 Å². The van der Waals surface area contributed by atoms with E-state index in [0.29, 0.717) is 29.0 Å². The Kier molecular flexibility index (Phi) is 6.83. The Labute approximate surface area is 192 Å². The Morgan fingerprint density at radius 2 is 1.19 bits per heavy atom. The van der Waals surface area contributed by atoms with Gasteiger partial charge in [-0.25, -0.2) is 0 Å². The first-order valence-electron chi connectivity index (χ1n) is 10.3. The number of Topliss-reactive ketones (excluding diaryl/α,β-unsaturated/α-hetero) is 1. The first-order chi connectivity index (χ1) is 15.6. The molecular weight excluding hydrogens is 416 g/mol. The maximum atomic E-state index is 12.8. The predicted octanol–water partition coefficient (Wildman–Crippen LogP) is 6.85. The van der Waals surface area contributed by atoms with E-state index in [4.69, 9.17) is 4.74 Å². The van der Waals surface area contributed by atoms with E-state index in [-0.39, 0.29) is 11.6 Å². The number of ketones is 2. The predicted molar refractivity (Wildman–Crippen MR) is 128 cm³/mol. The highest BCUT2D eigenvalue weighted by molar-refractivity contribution is 7.99. The van der Waals surface area contributed by atoms with E-state index in [9.17, 15) is 9.59 Å². The Morgan fingerprint density at radius 1 is 0.656 bits per heavy atom. The molecule has 0 spiro atoms. The molecule has 0 N–H and O–H groups in total. The molecule has 4 aromatic carbocycles. The van der Waals surface area contributed by atoms with Gasteiger partial charge in [-0.1, -0.05) is 54.2 Å². The number of hydrogen-bond donors (Lipinski definition) is 0. The lowest BCUT2D eigenvalue weighted by Gasteiger charge is -2.08. The summed E-state index contributed by atoms with van der Waals surface area (Å²) in [4.78, 5) is 26.4. The number of rotatable bonds is 8. The van der Waals surface area contributed by atoms with Crippen molar-refractivity contribution in [2.75, 3.05) is 0 Å². The standard InChI is InChI=1S/C28H22O3S/c1-20(29)22-11-15-25(16-12-22)31-19-21-7-9-23(10-8-21)28(30)24-13-17-27(18-14-24)32-26-5-3-2-4-6-26/h2-18H,19H2,1H3. The Bertz CT molecular complexity index is 1200. The average molecular weight is 439 g/mol. The van der Waals surface area contributed by atoms with Crippen LogP contribution < -0.4 is 4.74 Å². The van der Waals surface area contributed by atoms with Gasteiger partial charge in [0.1, 0.15) is 12.4 Å². The van der Waals surface area contributed by atoms with Gasteiger partial charge in [0.2, 0.25) is 0 Å². The molecule has 4 heteroatoms. The third-order valence-corrected chi connectivity index (χ3v) is 5.99. The van der Waals surface area contributed by atoms with Gasteiger partial charge >= 0.3 is 0 Å². The molecule has 32 heavy (non-hydrogen) atoms. The zero-order valence-corrected chi connectivity index (χ0v) is 18.5. The summed E-state index contributed by atoms with van der Waals surface area (Å²) >= 11 is 1.67. The molecule has 0 fully saturated rings. The largest absolute Gasteiger partial charge is 0.489 e. The summed E-state index contributed by atoms with van der Waals surface area (Å²) in [5.74, 6) is 0.721. The first kappa shape index (κ1) is 21.6. The molecule has 4 rings (SSSR count). The zero-order valence-electron chi connectivity index (χ0n) is 17.7. The summed E-state index contributed by atoms with van der Waals surface area (Å²) < 4.78 is 5.78. The molecule has 0 unspecified atom stereocenters. The van der Waals surface area contributed by atoms with E-state index < -0.39 is 0 Å². The van der Waals surface area contributed by atoms with Crippen molar-refractivity contribution in [1.82, 2.24) is 0 Å². The number of benzene rings is 4. The van der Waals surface area contributed by atoms with E-state index in [1.807, 2.05) is 66.7 Å². The molecule has 0 saturated carbocycles. The van der Waals surface area contributed by atoms with Crippen molar-refractivity contribution in [3.05, 3.63) is 125 Å². The molecule has 0 atom stereocenters. The van der Waals surface area contributed by atoms with Crippen LogP contribution in [0.3, 0.4) is 0 Å². The van der Waals surface area contributed by atoms with Gasteiger partial charge in [0.05, 0.1) is 0 Å². The van der Waals surface area contributed by atoms with Crippen LogP contribution in [0.25, 0.3) is 0 Å². The molecule has 158 valence electrons. The summed E-state index contributed by atoms with van der Waals surface area (Å²) in [5, 5.41) is 0. The summed E-state index contributed by atoms with van der Waals surface area (Å²) in [6, 6.07) is 32.4. The molecule has 0 bridgehead atoms. The molecule has 3 nitrogen and oxygen atoms in total. The molecule has 0 aliphatic heterocycles. The second-order valence-electron chi connectivity index (χ2n) is 7.33. The van der Waals surface area contributed by atoms with Crippen LogP contribution in [0.4, 0.5) is 0 Å². The molecule has 0 aromatic heterocycles. The fourth-order valence-corrected chi connectivity index (χ4v) is 4.01. The molecule has 4 aromatic rings. The van der Waals surface area contributed by atoms with Crippen LogP contribution in [-0.2, 0) is 6.61 Å². The van der Waals surface area contributed by atoms with Crippen molar-refractivity contribution in [2.24, 2.45) is 0 Å². The smallest absolute Gasteiger partial charge is 0.193 e. The quantitative estimate of drug-likeness (QED) is 0.282. The van der Waals surface area contributed by atoms with Gasteiger partial charge in [-0.05, 0) is 73.2 Å². The van der Waals surface area contributed by atoms with E-state index in [2.05, 4.69) is 12.1 Å². The van der Waals surface area contributed by atoms with E-state index in [1.165, 1.54) is 11.8 Å². The van der Waals surface area contributed by atoms with Gasteiger partial charge in [-0.15, -0.1) is 0 Å². The second-order valence-corrected chi connectivity index (χ2v) is 8.48. The van der Waals surface area contributed by atoms with Crippen molar-refractivity contribution in [3.63, 3.8) is 0 Å². The van der Waals surface area contributed by atoms with Crippen LogP contribution >= 0.6 is 11.8 Å². The van der Waals surface area contributed by atoms with Crippen LogP contribution in [0.15, 0.2) is 113 Å². The van der Waals surface area contributed by atoms with Gasteiger partial charge in [0.15, 0.2) is 11.6 Å². The number of hydrogen-bond acceptors (Lipinski definition) is 4. The summed E-state index contributed by atoms with van der Waals surface area (Å²) in [6.07, 6.45) is 0. The van der Waals surface area contributed by atoms with Crippen LogP contribution in [0, 0.1) is 0 Å². The molecule has 0 amide bonds. The molecule has 0 heterocycles. The molecule has 0 radical (unpaired) electrons. The van der Waals surface area contributed by atoms with E-state index in [1.54, 1.807) is 36.0 Å². The fourth-order valence-electron chi connectivity index (χ4n) is 3.17. The molecule has 0 aliphatic carbocycles. The third-order valence-electron chi connectivity index (χ3n) is 4.98. The fraction of sp³-hybridized carbons (Fsp3) is 0.0714. The molecule has 0 aliphatic rings. The van der Waals surface area contributed by atoms with Crippen LogP contribution in [0.5, 0.6) is 5.75 Å². The second kappa shape index (κ2) is 10.1. The summed E-state index contributed by atoms with van der Waals surface area (Å²) in [5.41, 5.74) is 2.93. The van der Waals surface area contributed by atoms with Gasteiger partial charge < -0.3 is 4.74 Å². The summed E-state index contributed by atoms with van der Waals surface area (Å²) in [7, 11) is 0. The van der Waals surface area contributed by atoms with Crippen LogP contribution in [0.1, 0.15) is 38.8 Å².